The van der Waals surface area contributed by atoms with Gasteiger partial charge in [-0.1, -0.05) is 17.7 Å². The predicted octanol–water partition coefficient (Wildman–Crippen LogP) is 4.14. The first-order valence-corrected chi connectivity index (χ1v) is 7.11. The van der Waals surface area contributed by atoms with E-state index in [1.807, 2.05) is 11.8 Å². The molecule has 0 saturated heterocycles. The zero-order valence-electron chi connectivity index (χ0n) is 11.7. The topological polar surface area (TPSA) is 29.3 Å². The number of nitrogens with zero attached hydrogens (tertiary/aromatic N) is 1. The van der Waals surface area contributed by atoms with E-state index in [2.05, 4.69) is 0 Å². The molecule has 0 aliphatic rings. The summed E-state index contributed by atoms with van der Waals surface area (Å²) in [7, 11) is 0. The molecule has 21 heavy (non-hydrogen) atoms. The van der Waals surface area contributed by atoms with Crippen molar-refractivity contribution < 1.29 is 8.78 Å². The van der Waals surface area contributed by atoms with Crippen LogP contribution in [-0.4, -0.2) is 13.1 Å². The lowest BCUT2D eigenvalue weighted by atomic mass is 10.0. The van der Waals surface area contributed by atoms with Crippen LogP contribution in [0.15, 0.2) is 42.5 Å². The summed E-state index contributed by atoms with van der Waals surface area (Å²) < 4.78 is 27.2. The molecule has 0 amide bonds. The largest absolute Gasteiger partial charge is 0.363 e. The molecule has 2 N–H and O–H groups in total. The maximum Gasteiger partial charge on any atom is 0.130 e. The molecule has 2 rings (SSSR count). The molecule has 1 unspecified atom stereocenters. The van der Waals surface area contributed by atoms with Crippen LogP contribution in [0.25, 0.3) is 0 Å². The molecule has 0 bridgehead atoms. The fourth-order valence-electron chi connectivity index (χ4n) is 2.41. The van der Waals surface area contributed by atoms with Crippen LogP contribution in [-0.2, 0) is 0 Å². The summed E-state index contributed by atoms with van der Waals surface area (Å²) in [5, 5.41) is 0.344. The van der Waals surface area contributed by atoms with Crippen molar-refractivity contribution in [3.63, 3.8) is 0 Å². The number of hydrogen-bond donors (Lipinski definition) is 1. The highest BCUT2D eigenvalue weighted by molar-refractivity contribution is 6.30. The van der Waals surface area contributed by atoms with Gasteiger partial charge in [0, 0.05) is 29.4 Å². The van der Waals surface area contributed by atoms with Crippen LogP contribution < -0.4 is 10.6 Å². The van der Waals surface area contributed by atoms with Gasteiger partial charge in [-0.15, -0.1) is 0 Å². The van der Waals surface area contributed by atoms with E-state index in [9.17, 15) is 8.78 Å². The summed E-state index contributed by atoms with van der Waals surface area (Å²) in [4.78, 5) is 1.94. The molecule has 0 aliphatic heterocycles. The molecule has 0 radical (unpaired) electrons. The molecule has 5 heteroatoms. The molecule has 0 heterocycles. The summed E-state index contributed by atoms with van der Waals surface area (Å²) >= 11 is 5.79. The second-order valence-corrected chi connectivity index (χ2v) is 5.12. The Labute approximate surface area is 128 Å². The van der Waals surface area contributed by atoms with Crippen molar-refractivity contribution in [3.8, 4) is 0 Å². The van der Waals surface area contributed by atoms with Crippen LogP contribution in [0.4, 0.5) is 14.5 Å². The first kappa shape index (κ1) is 15.7. The molecule has 0 saturated carbocycles. The molecular weight excluding hydrogens is 294 g/mol. The van der Waals surface area contributed by atoms with Crippen LogP contribution >= 0.6 is 11.6 Å². The van der Waals surface area contributed by atoms with Crippen LogP contribution in [0.3, 0.4) is 0 Å². The highest BCUT2D eigenvalue weighted by atomic mass is 35.5. The average Bonchev–Trinajstić information content (AvgIpc) is 2.47. The van der Waals surface area contributed by atoms with Gasteiger partial charge in [-0.2, -0.15) is 0 Å². The molecular formula is C16H17ClF2N2. The molecule has 2 nitrogen and oxygen atoms in total. The smallest absolute Gasteiger partial charge is 0.130 e. The summed E-state index contributed by atoms with van der Waals surface area (Å²) in [5.41, 5.74) is 7.11. The van der Waals surface area contributed by atoms with Crippen molar-refractivity contribution in [2.75, 3.05) is 18.0 Å². The highest BCUT2D eigenvalue weighted by Crippen LogP contribution is 2.29. The van der Waals surface area contributed by atoms with Gasteiger partial charge in [-0.05, 0) is 43.3 Å². The van der Waals surface area contributed by atoms with Crippen molar-refractivity contribution in [2.24, 2.45) is 5.73 Å². The summed E-state index contributed by atoms with van der Waals surface area (Å²) in [5.74, 6) is -0.699. The third kappa shape index (κ3) is 3.52. The Hall–Kier alpha value is -1.65. The second kappa shape index (κ2) is 6.87. The van der Waals surface area contributed by atoms with E-state index in [4.69, 9.17) is 17.3 Å². The van der Waals surface area contributed by atoms with E-state index >= 15 is 0 Å². The number of nitrogens with two attached hydrogens (primary N) is 1. The van der Waals surface area contributed by atoms with Gasteiger partial charge in [0.2, 0.25) is 0 Å². The Morgan fingerprint density at radius 3 is 2.33 bits per heavy atom. The van der Waals surface area contributed by atoms with Crippen molar-refractivity contribution in [1.82, 2.24) is 0 Å². The Kier molecular flexibility index (Phi) is 5.15. The van der Waals surface area contributed by atoms with Gasteiger partial charge in [0.15, 0.2) is 0 Å². The molecule has 2 aromatic rings. The lowest BCUT2D eigenvalue weighted by Crippen LogP contribution is -2.34. The van der Waals surface area contributed by atoms with Gasteiger partial charge >= 0.3 is 0 Å². The Balaban J connectivity index is 2.39. The lowest BCUT2D eigenvalue weighted by Gasteiger charge is -2.32. The molecule has 0 spiro atoms. The number of halogens is 3. The van der Waals surface area contributed by atoms with Gasteiger partial charge < -0.3 is 10.6 Å². The summed E-state index contributed by atoms with van der Waals surface area (Å²) in [6, 6.07) is 10.3. The Morgan fingerprint density at radius 1 is 1.14 bits per heavy atom. The minimum absolute atomic E-state index is 0.240. The van der Waals surface area contributed by atoms with Crippen molar-refractivity contribution in [3.05, 3.63) is 64.7 Å². The van der Waals surface area contributed by atoms with E-state index < -0.39 is 5.82 Å². The molecule has 0 fully saturated rings. The number of benzene rings is 2. The zero-order chi connectivity index (χ0) is 15.4. The molecule has 0 aliphatic carbocycles. The maximum absolute atomic E-state index is 14.1. The quantitative estimate of drug-likeness (QED) is 0.899. The van der Waals surface area contributed by atoms with Crippen LogP contribution in [0.1, 0.15) is 18.5 Å². The van der Waals surface area contributed by atoms with Gasteiger partial charge in [-0.25, -0.2) is 8.78 Å². The number of hydrogen-bond acceptors (Lipinski definition) is 2. The van der Waals surface area contributed by atoms with Gasteiger partial charge in [-0.3, -0.25) is 0 Å². The zero-order valence-corrected chi connectivity index (χ0v) is 12.4. The van der Waals surface area contributed by atoms with Crippen LogP contribution in [0.2, 0.25) is 5.02 Å². The SMILES string of the molecule is CCN(c1ccc(F)cc1)C(CN)c1ccc(Cl)cc1F. The van der Waals surface area contributed by atoms with E-state index in [1.165, 1.54) is 18.2 Å². The standard InChI is InChI=1S/C16H17ClF2N2/c1-2-21(13-6-4-12(18)5-7-13)16(10-20)14-8-3-11(17)9-15(14)19/h3-9,16H,2,10,20H2,1H3. The molecule has 2 aromatic carbocycles. The summed E-state index contributed by atoms with van der Waals surface area (Å²) in [6.07, 6.45) is 0. The fraction of sp³-hybridized carbons (Fsp3) is 0.250. The van der Waals surface area contributed by atoms with E-state index in [0.29, 0.717) is 17.1 Å². The lowest BCUT2D eigenvalue weighted by molar-refractivity contribution is 0.561. The van der Waals surface area contributed by atoms with Gasteiger partial charge in [0.1, 0.15) is 11.6 Å². The van der Waals surface area contributed by atoms with Gasteiger partial charge in [0.25, 0.3) is 0 Å². The highest BCUT2D eigenvalue weighted by Gasteiger charge is 2.21. The van der Waals surface area contributed by atoms with E-state index in [-0.39, 0.29) is 18.4 Å². The average molecular weight is 311 g/mol. The third-order valence-electron chi connectivity index (χ3n) is 3.42. The van der Waals surface area contributed by atoms with Crippen LogP contribution in [0.5, 0.6) is 0 Å². The summed E-state index contributed by atoms with van der Waals surface area (Å²) in [6.45, 7) is 2.80. The molecule has 112 valence electrons. The van der Waals surface area contributed by atoms with Crippen molar-refractivity contribution in [2.45, 2.75) is 13.0 Å². The molecule has 1 atom stereocenters. The minimum atomic E-state index is -0.390. The fourth-order valence-corrected chi connectivity index (χ4v) is 2.57. The first-order chi connectivity index (χ1) is 10.1. The Bertz CT molecular complexity index is 602. The van der Waals surface area contributed by atoms with E-state index in [1.54, 1.807) is 24.3 Å². The number of anilines is 1. The predicted molar refractivity (Wildman–Crippen MR) is 82.6 cm³/mol. The second-order valence-electron chi connectivity index (χ2n) is 4.68. The normalized spacial score (nSPS) is 12.2. The molecule has 0 aromatic heterocycles. The number of likely N-dealkylation sites (N-methyl/N-ethyl adjacent to an activating group) is 1. The van der Waals surface area contributed by atoms with Crippen molar-refractivity contribution in [1.29, 1.82) is 0 Å². The van der Waals surface area contributed by atoms with E-state index in [0.717, 1.165) is 5.69 Å². The van der Waals surface area contributed by atoms with Crippen molar-refractivity contribution >= 4 is 17.3 Å². The first-order valence-electron chi connectivity index (χ1n) is 6.74. The number of rotatable bonds is 5. The van der Waals surface area contributed by atoms with Crippen LogP contribution in [0, 0.1) is 11.6 Å². The minimum Gasteiger partial charge on any atom is -0.363 e. The maximum atomic E-state index is 14.1. The Morgan fingerprint density at radius 2 is 1.81 bits per heavy atom. The third-order valence-corrected chi connectivity index (χ3v) is 3.66. The van der Waals surface area contributed by atoms with Gasteiger partial charge in [0.05, 0.1) is 6.04 Å². The monoisotopic (exact) mass is 310 g/mol.